The van der Waals surface area contributed by atoms with Crippen molar-refractivity contribution < 1.29 is 253 Å². The topological polar surface area (TPSA) is 849 Å². The maximum absolute atomic E-state index is 12.9. The molecule has 8 fully saturated rings. The van der Waals surface area contributed by atoms with Crippen molar-refractivity contribution in [3.63, 3.8) is 0 Å². The van der Waals surface area contributed by atoms with Gasteiger partial charge in [-0.15, -0.1) is 0 Å². The van der Waals surface area contributed by atoms with Crippen molar-refractivity contribution in [1.82, 2.24) is 0 Å². The van der Waals surface area contributed by atoms with E-state index in [2.05, 4.69) is 0 Å². The molecule has 0 spiro atoms. The van der Waals surface area contributed by atoms with Gasteiger partial charge in [0.2, 0.25) is 0 Å². The molecule has 0 aliphatic carbocycles. The van der Waals surface area contributed by atoms with Gasteiger partial charge < -0.3 is 239 Å². The fraction of sp³-hybridized carbons (Fsp3) is 0.982. The average molecular weight is 1600 g/mol. The monoisotopic (exact) mass is 1600 g/mol. The zero-order valence-corrected chi connectivity index (χ0v) is 56.2. The van der Waals surface area contributed by atoms with E-state index in [4.69, 9.17) is 75.6 Å². The lowest BCUT2D eigenvalue weighted by molar-refractivity contribution is -0.419. The second-order valence-corrected chi connectivity index (χ2v) is 27.6. The van der Waals surface area contributed by atoms with Crippen LogP contribution in [0.2, 0.25) is 0 Å². The molecule has 0 bridgehead atoms. The summed E-state index contributed by atoms with van der Waals surface area (Å²) in [5.74, 6) is -5.99. The Kier molecular flexibility index (Phi) is 32.1. The lowest BCUT2D eigenvalue weighted by Gasteiger charge is -2.53. The number of hydrogen-bond donors (Lipinski definition) is 33. The molecule has 107 heavy (non-hydrogen) atoms. The molecule has 0 amide bonds. The van der Waals surface area contributed by atoms with Crippen molar-refractivity contribution in [2.45, 2.75) is 282 Å². The largest absolute Gasteiger partial charge is 0.477 e. The van der Waals surface area contributed by atoms with Gasteiger partial charge in [-0.1, -0.05) is 0 Å². The van der Waals surface area contributed by atoms with Crippen molar-refractivity contribution in [1.29, 1.82) is 0 Å². The van der Waals surface area contributed by atoms with Crippen molar-refractivity contribution in [3.05, 3.63) is 0 Å². The van der Waals surface area contributed by atoms with Gasteiger partial charge in [-0.3, -0.25) is 4.52 Å². The van der Waals surface area contributed by atoms with Crippen LogP contribution in [0.1, 0.15) is 6.42 Å². The van der Waals surface area contributed by atoms with Crippen LogP contribution in [-0.2, 0) is 84.9 Å². The van der Waals surface area contributed by atoms with E-state index in [1.54, 1.807) is 0 Å². The quantitative estimate of drug-likeness (QED) is 0.0287. The van der Waals surface area contributed by atoms with E-state index in [1.165, 1.54) is 0 Å². The van der Waals surface area contributed by atoms with E-state index in [0.29, 0.717) is 0 Å². The summed E-state index contributed by atoms with van der Waals surface area (Å²) in [5.41, 5.74) is 0. The normalized spacial score (nSPS) is 48.6. The minimum atomic E-state index is -6.03. The molecule has 0 aromatic heterocycles. The first-order valence-corrected chi connectivity index (χ1v) is 34.4. The third-order valence-electron chi connectivity index (χ3n) is 19.1. The van der Waals surface area contributed by atoms with E-state index in [9.17, 15) is 177 Å². The molecule has 0 saturated carbocycles. The Balaban J connectivity index is 1.23. The first-order chi connectivity index (χ1) is 50.2. The lowest BCUT2D eigenvalue weighted by Crippen LogP contribution is -2.71. The number of hydrogen-bond acceptors (Lipinski definition) is 48. The van der Waals surface area contributed by atoms with Crippen molar-refractivity contribution in [2.24, 2.45) is 0 Å². The summed E-state index contributed by atoms with van der Waals surface area (Å²) in [6.45, 7) is -10.6. The molecular weight excluding hydrogens is 1510 g/mol. The van der Waals surface area contributed by atoms with E-state index in [-0.39, 0.29) is 0 Å². The van der Waals surface area contributed by atoms with E-state index in [1.807, 2.05) is 0 Å². The minimum Gasteiger partial charge on any atom is -0.477 e. The van der Waals surface area contributed by atoms with Gasteiger partial charge in [0.25, 0.3) is 5.79 Å². The molecule has 33 N–H and O–H groups in total. The van der Waals surface area contributed by atoms with E-state index >= 15 is 0 Å². The minimum absolute atomic E-state index is 1.08. The predicted octanol–water partition coefficient (Wildman–Crippen LogP) is -21.7. The van der Waals surface area contributed by atoms with E-state index in [0.717, 1.165) is 0 Å². The molecule has 0 aromatic rings. The highest BCUT2D eigenvalue weighted by molar-refractivity contribution is 7.46. The summed E-state index contributed by atoms with van der Waals surface area (Å²) in [4.78, 5) is 32.8. The van der Waals surface area contributed by atoms with Gasteiger partial charge in [0.05, 0.1) is 52.9 Å². The van der Waals surface area contributed by atoms with E-state index < -0.39 is 349 Å². The molecular formula is C55H95O51P. The molecule has 0 radical (unpaired) electrons. The number of carboxylic acids is 1. The molecule has 0 unspecified atom stereocenters. The SMILES string of the molecule is O=C(O)[C@@]1(O)C[C@@H](OP(=O)(O)O)[C@@H](O[C@H]2O[C@H]([C@H](CO)O[C@H]3O[C@H](CO)[C@@H](O)[C@H](O)[C@H]3O)[C@@H](O[C@@H]3O[C@H](CO[C@H]4O[C@H]([C@@H](CO)O[C@H]5O[C@H]([C@H](O)CO)[C@@H](O)[C@H](O)[C@@H]5O)[C@@H](O)[C@H](O)[C@@H]4O)[C@@H](O)[C@H](O)[C@H]3O)[C@H](O[C@H]3O[C@H]([C@@H](O)CO)[C@@H](O)[C@H](O)[C@@H]3O[C@H]3O[C@H]([C@@H](O)CO)[C@@H](O)[C@H](O)[C@@H]3O)[C@@H]2O)[C@@H]([C@H](O)CO)O1. The predicted molar refractivity (Wildman–Crippen MR) is 317 cm³/mol. The van der Waals surface area contributed by atoms with Crippen LogP contribution in [0.15, 0.2) is 0 Å². The molecule has 626 valence electrons. The van der Waals surface area contributed by atoms with Crippen LogP contribution in [0.4, 0.5) is 0 Å². The zero-order valence-electron chi connectivity index (χ0n) is 55.3. The highest BCUT2D eigenvalue weighted by Gasteiger charge is 2.63. The molecule has 8 rings (SSSR count). The van der Waals surface area contributed by atoms with Gasteiger partial charge in [-0.05, 0) is 0 Å². The summed E-state index contributed by atoms with van der Waals surface area (Å²) >= 11 is 0. The fourth-order valence-corrected chi connectivity index (χ4v) is 13.7. The molecule has 8 heterocycles. The summed E-state index contributed by atoms with van der Waals surface area (Å²) in [6.07, 6.45) is -108. The summed E-state index contributed by atoms with van der Waals surface area (Å²) in [7, 11) is -6.03. The van der Waals surface area contributed by atoms with Crippen LogP contribution < -0.4 is 0 Å². The Morgan fingerprint density at radius 3 is 1.21 bits per heavy atom. The van der Waals surface area contributed by atoms with Gasteiger partial charge >= 0.3 is 13.8 Å². The number of aliphatic hydroxyl groups excluding tert-OH is 29. The highest BCUT2D eigenvalue weighted by atomic mass is 31.2. The highest BCUT2D eigenvalue weighted by Crippen LogP contribution is 2.46. The second kappa shape index (κ2) is 38.0. The fourth-order valence-electron chi connectivity index (χ4n) is 13.1. The molecule has 45 atom stereocenters. The number of phosphoric acid groups is 1. The Morgan fingerprint density at radius 1 is 0.374 bits per heavy atom. The van der Waals surface area contributed by atoms with Crippen LogP contribution in [0.25, 0.3) is 0 Å². The number of phosphoric ester groups is 1. The number of aliphatic hydroxyl groups is 30. The van der Waals surface area contributed by atoms with Crippen molar-refractivity contribution in [2.75, 3.05) is 52.9 Å². The average Bonchev–Trinajstić information content (AvgIpc) is 0.752. The van der Waals surface area contributed by atoms with Gasteiger partial charge in [0.15, 0.2) is 44.0 Å². The van der Waals surface area contributed by atoms with Crippen LogP contribution >= 0.6 is 7.82 Å². The first-order valence-electron chi connectivity index (χ1n) is 32.9. The van der Waals surface area contributed by atoms with Gasteiger partial charge in [-0.25, -0.2) is 9.36 Å². The number of rotatable bonds is 31. The van der Waals surface area contributed by atoms with Crippen molar-refractivity contribution in [3.8, 4) is 0 Å². The number of carboxylic acid groups (broad SMARTS) is 1. The van der Waals surface area contributed by atoms with Crippen LogP contribution in [0.3, 0.4) is 0 Å². The number of ether oxygens (including phenoxy) is 15. The van der Waals surface area contributed by atoms with Gasteiger partial charge in [-0.2, -0.15) is 0 Å². The van der Waals surface area contributed by atoms with Crippen LogP contribution in [0.5, 0.6) is 0 Å². The smallest absolute Gasteiger partial charge is 0.469 e. The summed E-state index contributed by atoms with van der Waals surface area (Å²) in [5, 5.41) is 338. The number of carbonyl (C=O) groups is 1. The number of aliphatic carboxylic acids is 1. The lowest BCUT2D eigenvalue weighted by atomic mass is 9.91. The maximum Gasteiger partial charge on any atom is 0.469 e. The molecule has 52 heteroatoms. The van der Waals surface area contributed by atoms with Crippen LogP contribution in [-0.4, -0.2) is 503 Å². The first kappa shape index (κ1) is 90.3. The Hall–Kier alpha value is -2.22. The zero-order chi connectivity index (χ0) is 79.7. The van der Waals surface area contributed by atoms with Gasteiger partial charge in [0, 0.05) is 6.42 Å². The molecule has 8 aliphatic heterocycles. The van der Waals surface area contributed by atoms with Gasteiger partial charge in [0.1, 0.15) is 226 Å². The summed E-state index contributed by atoms with van der Waals surface area (Å²) < 4.78 is 104. The molecule has 0 aromatic carbocycles. The molecule has 8 saturated heterocycles. The van der Waals surface area contributed by atoms with Crippen molar-refractivity contribution >= 4 is 13.8 Å². The molecule has 8 aliphatic rings. The Morgan fingerprint density at radius 2 is 0.729 bits per heavy atom. The molecule has 51 nitrogen and oxygen atoms in total. The summed E-state index contributed by atoms with van der Waals surface area (Å²) in [6, 6.07) is 0. The Labute approximate surface area is 600 Å². The maximum atomic E-state index is 12.9. The third-order valence-corrected chi connectivity index (χ3v) is 19.7. The van der Waals surface area contributed by atoms with Crippen LogP contribution in [0, 0.1) is 0 Å². The Bertz CT molecular complexity index is 2780. The standard InChI is InChI=1S/C55H95O51P/c56-2-10(63)37-26(74)23(71)34(82)49(96-37)93-16(7-61)41-28(76)25(73)31(79)47(99-41)91-9-18-20(68)22(70)33(81)50(95-18)104-46-43(17(8-62)94-48-32(80)21(69)19(67)15(6-60)92-48)101-52(100-42-14(106-107(88,89)90)1-55(87,54(85)86)105-40(42)13(66)5-59)36(84)44(46)102-53-45(30(78)29(77)39(98-53)12(65)4-58)103-51-35(83)24(72)27(75)38(97-51)11(64)3-57/h10-53,56-84,87H,1-9H2,(H,85,86)(H2,88,89,90)/t10-,11+,12+,13-,14-,15-,16-,17+,18-,19-,20-,21+,22+,23+,24+,25+,26+,27+,28+,29+,30+,31+,32-,33-,34+,35+,36+,37-,38-,39-,40-,41-,42-,43-,44-,45+,46-,47+,48-,49+,50+,51-,52+,53-,55-/m1/s1. The second-order valence-electron chi connectivity index (χ2n) is 26.4. The third kappa shape index (κ3) is 19.7.